The first kappa shape index (κ1) is 15.2. The summed E-state index contributed by atoms with van der Waals surface area (Å²) in [5.41, 5.74) is 7.16. The smallest absolute Gasteiger partial charge is 0.107 e. The lowest BCUT2D eigenvalue weighted by Gasteiger charge is -2.20. The lowest BCUT2D eigenvalue weighted by atomic mass is 10.1. The normalized spacial score (nSPS) is 14.3. The zero-order valence-corrected chi connectivity index (χ0v) is 14.5. The third kappa shape index (κ3) is 4.13. The molecule has 0 bridgehead atoms. The van der Waals surface area contributed by atoms with Gasteiger partial charge in [-0.3, -0.25) is 0 Å². The van der Waals surface area contributed by atoms with Gasteiger partial charge in [0.05, 0.1) is 6.61 Å². The van der Waals surface area contributed by atoms with Gasteiger partial charge in [-0.25, -0.2) is 0 Å². The average molecular weight is 405 g/mol. The van der Waals surface area contributed by atoms with Crippen LogP contribution in [0, 0.1) is 0 Å². The number of ether oxygens (including phenoxy) is 1. The summed E-state index contributed by atoms with van der Waals surface area (Å²) in [6.07, 6.45) is -0.0802. The van der Waals surface area contributed by atoms with Crippen molar-refractivity contribution in [1.29, 1.82) is 0 Å². The van der Waals surface area contributed by atoms with Gasteiger partial charge in [0.25, 0.3) is 0 Å². The van der Waals surface area contributed by atoms with Crippen molar-refractivity contribution in [2.75, 3.05) is 0 Å². The van der Waals surface area contributed by atoms with Crippen molar-refractivity contribution in [3.05, 3.63) is 55.1 Å². The molecule has 0 aliphatic rings. The summed E-state index contributed by atoms with van der Waals surface area (Å²) in [5.74, 6) is 0. The fraction of sp³-hybridized carbons (Fsp3) is 0.286. The number of hydrogen-bond acceptors (Lipinski definition) is 3. The van der Waals surface area contributed by atoms with Crippen molar-refractivity contribution in [3.8, 4) is 0 Å². The van der Waals surface area contributed by atoms with Gasteiger partial charge in [0.15, 0.2) is 0 Å². The maximum atomic E-state index is 6.03. The summed E-state index contributed by atoms with van der Waals surface area (Å²) in [6.45, 7) is 2.52. The van der Waals surface area contributed by atoms with Gasteiger partial charge in [0.1, 0.15) is 6.10 Å². The Bertz CT molecular complexity index is 542. The molecule has 2 rings (SSSR count). The Morgan fingerprint density at radius 2 is 2.05 bits per heavy atom. The molecule has 0 fully saturated rings. The van der Waals surface area contributed by atoms with Crippen LogP contribution in [0.1, 0.15) is 23.5 Å². The van der Waals surface area contributed by atoms with Gasteiger partial charge >= 0.3 is 0 Å². The van der Waals surface area contributed by atoms with Crippen LogP contribution in [-0.2, 0) is 11.3 Å². The highest BCUT2D eigenvalue weighted by atomic mass is 79.9. The largest absolute Gasteiger partial charge is 0.366 e. The zero-order valence-electron chi connectivity index (χ0n) is 10.5. The molecule has 0 radical (unpaired) electrons. The van der Waals surface area contributed by atoms with E-state index in [0.717, 1.165) is 19.4 Å². The lowest BCUT2D eigenvalue weighted by molar-refractivity contribution is 0.0279. The zero-order chi connectivity index (χ0) is 13.8. The molecule has 2 N–H and O–H groups in total. The summed E-state index contributed by atoms with van der Waals surface area (Å²) in [6, 6.07) is 10.1. The molecule has 2 nitrogen and oxygen atoms in total. The molecular formula is C14H15Br2NOS. The van der Waals surface area contributed by atoms with Crippen LogP contribution in [0.5, 0.6) is 0 Å². The molecule has 0 saturated carbocycles. The van der Waals surface area contributed by atoms with E-state index in [0.29, 0.717) is 6.61 Å². The van der Waals surface area contributed by atoms with Crippen LogP contribution >= 0.6 is 43.2 Å². The van der Waals surface area contributed by atoms with Crippen LogP contribution in [0.2, 0.25) is 0 Å². The number of hydrogen-bond donors (Lipinski definition) is 1. The van der Waals surface area contributed by atoms with Crippen LogP contribution in [0.15, 0.2) is 44.7 Å². The van der Waals surface area contributed by atoms with Gasteiger partial charge in [-0.1, -0.05) is 34.1 Å². The lowest BCUT2D eigenvalue weighted by Crippen LogP contribution is -2.26. The van der Waals surface area contributed by atoms with Crippen LogP contribution in [0.4, 0.5) is 0 Å². The minimum absolute atomic E-state index is 0.0481. The first-order chi connectivity index (χ1) is 9.08. The van der Waals surface area contributed by atoms with E-state index in [1.54, 1.807) is 11.3 Å². The monoisotopic (exact) mass is 403 g/mol. The van der Waals surface area contributed by atoms with E-state index in [-0.39, 0.29) is 12.1 Å². The predicted octanol–water partition coefficient (Wildman–Crippen LogP) is 4.88. The molecule has 1 aromatic heterocycles. The number of benzene rings is 1. The Morgan fingerprint density at radius 3 is 2.63 bits per heavy atom. The van der Waals surface area contributed by atoms with Gasteiger partial charge in [-0.2, -0.15) is 0 Å². The predicted molar refractivity (Wildman–Crippen MR) is 87.3 cm³/mol. The molecular weight excluding hydrogens is 390 g/mol. The maximum Gasteiger partial charge on any atom is 0.107 e. The van der Waals surface area contributed by atoms with Crippen molar-refractivity contribution < 1.29 is 4.74 Å². The SMILES string of the molecule is CC(N)C(OCc1ccccc1Br)c1cc(Br)cs1. The molecule has 0 aliphatic heterocycles. The van der Waals surface area contributed by atoms with E-state index in [4.69, 9.17) is 10.5 Å². The van der Waals surface area contributed by atoms with E-state index in [1.807, 2.05) is 36.6 Å². The number of thiophene rings is 1. The van der Waals surface area contributed by atoms with E-state index < -0.39 is 0 Å². The highest BCUT2D eigenvalue weighted by molar-refractivity contribution is 9.10. The molecule has 0 aliphatic carbocycles. The molecule has 19 heavy (non-hydrogen) atoms. The molecule has 0 saturated heterocycles. The van der Waals surface area contributed by atoms with Crippen molar-refractivity contribution >= 4 is 43.2 Å². The minimum Gasteiger partial charge on any atom is -0.366 e. The molecule has 1 aromatic carbocycles. The number of rotatable bonds is 5. The first-order valence-corrected chi connectivity index (χ1v) is 8.39. The molecule has 2 unspecified atom stereocenters. The fourth-order valence-electron chi connectivity index (χ4n) is 1.77. The highest BCUT2D eigenvalue weighted by Gasteiger charge is 2.19. The summed E-state index contributed by atoms with van der Waals surface area (Å²) < 4.78 is 8.14. The van der Waals surface area contributed by atoms with Crippen molar-refractivity contribution in [2.45, 2.75) is 25.7 Å². The Kier molecular flexibility index (Phi) is 5.59. The molecule has 2 aromatic rings. The van der Waals surface area contributed by atoms with E-state index >= 15 is 0 Å². The maximum absolute atomic E-state index is 6.03. The Balaban J connectivity index is 2.08. The van der Waals surface area contributed by atoms with Crippen molar-refractivity contribution in [3.63, 3.8) is 0 Å². The fourth-order valence-corrected chi connectivity index (χ4v) is 3.77. The van der Waals surface area contributed by atoms with Gasteiger partial charge in [0, 0.05) is 25.2 Å². The first-order valence-electron chi connectivity index (χ1n) is 5.92. The van der Waals surface area contributed by atoms with Crippen LogP contribution < -0.4 is 5.73 Å². The van der Waals surface area contributed by atoms with Crippen molar-refractivity contribution in [1.82, 2.24) is 0 Å². The van der Waals surface area contributed by atoms with Gasteiger partial charge in [0.2, 0.25) is 0 Å². The molecule has 2 atom stereocenters. The quantitative estimate of drug-likeness (QED) is 0.770. The van der Waals surface area contributed by atoms with Crippen LogP contribution in [0.3, 0.4) is 0 Å². The summed E-state index contributed by atoms with van der Waals surface area (Å²) >= 11 is 8.65. The summed E-state index contributed by atoms with van der Waals surface area (Å²) in [5, 5.41) is 2.05. The molecule has 5 heteroatoms. The van der Waals surface area contributed by atoms with Gasteiger partial charge < -0.3 is 10.5 Å². The molecule has 0 amide bonds. The van der Waals surface area contributed by atoms with E-state index in [1.165, 1.54) is 0 Å². The third-order valence-corrected chi connectivity index (χ3v) is 5.25. The second kappa shape index (κ2) is 6.99. The Morgan fingerprint density at radius 1 is 1.32 bits per heavy atom. The minimum atomic E-state index is -0.0802. The van der Waals surface area contributed by atoms with Crippen LogP contribution in [0.25, 0.3) is 0 Å². The Hall–Kier alpha value is -0.200. The molecule has 1 heterocycles. The third-order valence-electron chi connectivity index (χ3n) is 2.72. The van der Waals surface area contributed by atoms with E-state index in [9.17, 15) is 0 Å². The summed E-state index contributed by atoms with van der Waals surface area (Å²) in [4.78, 5) is 1.15. The number of halogens is 2. The van der Waals surface area contributed by atoms with Crippen molar-refractivity contribution in [2.24, 2.45) is 5.73 Å². The average Bonchev–Trinajstić information content (AvgIpc) is 2.78. The standard InChI is InChI=1S/C14H15Br2NOS/c1-9(17)14(13-6-11(15)8-19-13)18-7-10-4-2-3-5-12(10)16/h2-6,8-9,14H,7,17H2,1H3. The summed E-state index contributed by atoms with van der Waals surface area (Å²) in [7, 11) is 0. The van der Waals surface area contributed by atoms with Gasteiger partial charge in [-0.15, -0.1) is 11.3 Å². The number of nitrogens with two attached hydrogens (primary N) is 1. The topological polar surface area (TPSA) is 35.2 Å². The van der Waals surface area contributed by atoms with Crippen LogP contribution in [-0.4, -0.2) is 6.04 Å². The van der Waals surface area contributed by atoms with Gasteiger partial charge in [-0.05, 0) is 40.5 Å². The highest BCUT2D eigenvalue weighted by Crippen LogP contribution is 2.31. The molecule has 102 valence electrons. The second-order valence-corrected chi connectivity index (χ2v) is 7.06. The second-order valence-electron chi connectivity index (χ2n) is 4.35. The Labute approximate surface area is 134 Å². The van der Waals surface area contributed by atoms with E-state index in [2.05, 4.69) is 37.9 Å². The molecule has 0 spiro atoms.